The van der Waals surface area contributed by atoms with Crippen molar-refractivity contribution in [3.05, 3.63) is 18.5 Å². The highest BCUT2D eigenvalue weighted by Crippen LogP contribution is 2.25. The normalized spacial score (nSPS) is 23.9. The van der Waals surface area contributed by atoms with E-state index in [-0.39, 0.29) is 32.0 Å². The molecule has 17 heavy (non-hydrogen) atoms. The molecule has 1 unspecified atom stereocenters. The molecule has 92 valence electrons. The first-order valence-corrected chi connectivity index (χ1v) is 5.19. The summed E-state index contributed by atoms with van der Waals surface area (Å²) >= 11 is 0. The third kappa shape index (κ3) is 2.27. The molecule has 1 aliphatic heterocycles. The number of carbonyl (C=O) groups is 2. The first-order valence-electron chi connectivity index (χ1n) is 5.19. The number of alkyl halides is 1. The molecule has 1 N–H and O–H groups in total. The fraction of sp³-hybridized carbons (Fsp3) is 0.500. The minimum atomic E-state index is -2.31. The molecule has 1 aliphatic rings. The Morgan fingerprint density at radius 3 is 2.82 bits per heavy atom. The number of carboxylic acid groups (broad SMARTS) is 1. The van der Waals surface area contributed by atoms with Crippen LogP contribution in [0.25, 0.3) is 0 Å². The summed E-state index contributed by atoms with van der Waals surface area (Å²) in [6.45, 7) is -0.256. The molecule has 1 amide bonds. The number of aliphatic carboxylic acids is 1. The Kier molecular flexibility index (Phi) is 2.83. The number of halogens is 1. The minimum absolute atomic E-state index is 0.00268. The molecule has 0 aliphatic carbocycles. The van der Waals surface area contributed by atoms with Gasteiger partial charge in [-0.1, -0.05) is 0 Å². The molecule has 0 bridgehead atoms. The number of nitrogens with zero attached hydrogens (tertiary/aromatic N) is 3. The molecule has 1 aromatic heterocycles. The molecule has 1 aromatic rings. The van der Waals surface area contributed by atoms with Crippen LogP contribution in [-0.2, 0) is 16.1 Å². The maximum atomic E-state index is 13.7. The molecule has 0 radical (unpaired) electrons. The van der Waals surface area contributed by atoms with Gasteiger partial charge in [0.25, 0.3) is 0 Å². The summed E-state index contributed by atoms with van der Waals surface area (Å²) in [5.41, 5.74) is -2.31. The molecule has 0 spiro atoms. The van der Waals surface area contributed by atoms with Crippen LogP contribution in [0.2, 0.25) is 0 Å². The van der Waals surface area contributed by atoms with Crippen LogP contribution in [0, 0.1) is 0 Å². The second kappa shape index (κ2) is 4.15. The Morgan fingerprint density at radius 1 is 1.53 bits per heavy atom. The summed E-state index contributed by atoms with van der Waals surface area (Å²) in [7, 11) is 0. The number of hydrogen-bond donors (Lipinski definition) is 1. The molecule has 7 heteroatoms. The van der Waals surface area contributed by atoms with Crippen LogP contribution in [0.15, 0.2) is 18.5 Å². The second-order valence-corrected chi connectivity index (χ2v) is 4.04. The van der Waals surface area contributed by atoms with Crippen LogP contribution < -0.4 is 0 Å². The molecule has 6 nitrogen and oxygen atoms in total. The van der Waals surface area contributed by atoms with E-state index in [1.807, 2.05) is 0 Å². The maximum Gasteiger partial charge on any atom is 0.343 e. The van der Waals surface area contributed by atoms with Gasteiger partial charge in [0.1, 0.15) is 6.54 Å². The van der Waals surface area contributed by atoms with E-state index in [0.717, 1.165) is 0 Å². The van der Waals surface area contributed by atoms with E-state index in [1.54, 1.807) is 12.3 Å². The highest BCUT2D eigenvalue weighted by molar-refractivity contribution is 5.82. The van der Waals surface area contributed by atoms with Gasteiger partial charge in [-0.3, -0.25) is 9.48 Å². The summed E-state index contributed by atoms with van der Waals surface area (Å²) < 4.78 is 15.1. The van der Waals surface area contributed by atoms with Crippen molar-refractivity contribution in [2.45, 2.75) is 18.6 Å². The van der Waals surface area contributed by atoms with Gasteiger partial charge in [-0.2, -0.15) is 5.10 Å². The average Bonchev–Trinajstić information content (AvgIpc) is 2.88. The number of carbonyl (C=O) groups excluding carboxylic acids is 1. The molecule has 1 saturated heterocycles. The van der Waals surface area contributed by atoms with Crippen molar-refractivity contribution in [3.63, 3.8) is 0 Å². The van der Waals surface area contributed by atoms with E-state index < -0.39 is 11.6 Å². The average molecular weight is 241 g/mol. The van der Waals surface area contributed by atoms with E-state index in [0.29, 0.717) is 0 Å². The predicted molar refractivity (Wildman–Crippen MR) is 54.9 cm³/mol. The largest absolute Gasteiger partial charge is 0.479 e. The predicted octanol–water partition coefficient (Wildman–Crippen LogP) is -0.0917. The van der Waals surface area contributed by atoms with Crippen molar-refractivity contribution in [2.24, 2.45) is 0 Å². The number of likely N-dealkylation sites (tertiary alicyclic amines) is 1. The van der Waals surface area contributed by atoms with Gasteiger partial charge in [-0.05, 0) is 6.07 Å². The Hall–Kier alpha value is -1.92. The topological polar surface area (TPSA) is 75.4 Å². The van der Waals surface area contributed by atoms with Crippen molar-refractivity contribution < 1.29 is 19.1 Å². The zero-order valence-corrected chi connectivity index (χ0v) is 9.04. The molecule has 0 aromatic carbocycles. The number of rotatable bonds is 3. The molecule has 0 saturated carbocycles. The van der Waals surface area contributed by atoms with E-state index in [1.165, 1.54) is 15.8 Å². The lowest BCUT2D eigenvalue weighted by Gasteiger charge is -2.17. The molecular formula is C10H12FN3O3. The van der Waals surface area contributed by atoms with E-state index in [9.17, 15) is 14.0 Å². The SMILES string of the molecule is O=C(Cn1cccn1)N1CCC(F)(C(=O)O)C1. The Balaban J connectivity index is 1.97. The standard InChI is InChI=1S/C10H12FN3O3/c11-10(9(16)17)2-5-13(7-10)8(15)6-14-4-1-3-12-14/h1,3-4H,2,5-7H2,(H,16,17). The lowest BCUT2D eigenvalue weighted by molar-refractivity contribution is -0.150. The third-order valence-electron chi connectivity index (χ3n) is 2.81. The summed E-state index contributed by atoms with van der Waals surface area (Å²) in [5.74, 6) is -1.83. The zero-order valence-electron chi connectivity index (χ0n) is 9.04. The monoisotopic (exact) mass is 241 g/mol. The first kappa shape index (κ1) is 11.6. The van der Waals surface area contributed by atoms with Gasteiger partial charge in [0.2, 0.25) is 11.6 Å². The lowest BCUT2D eigenvalue weighted by atomic mass is 10.1. The highest BCUT2D eigenvalue weighted by atomic mass is 19.1. The first-order chi connectivity index (χ1) is 8.01. The van der Waals surface area contributed by atoms with Crippen molar-refractivity contribution in [3.8, 4) is 0 Å². The van der Waals surface area contributed by atoms with Gasteiger partial charge in [0, 0.05) is 25.4 Å². The molecule has 1 atom stereocenters. The quantitative estimate of drug-likeness (QED) is 0.802. The van der Waals surface area contributed by atoms with Gasteiger partial charge in [-0.15, -0.1) is 0 Å². The van der Waals surface area contributed by atoms with E-state index in [2.05, 4.69) is 5.10 Å². The zero-order chi connectivity index (χ0) is 12.5. The number of hydrogen-bond acceptors (Lipinski definition) is 3. The van der Waals surface area contributed by atoms with E-state index in [4.69, 9.17) is 5.11 Å². The van der Waals surface area contributed by atoms with Crippen molar-refractivity contribution in [1.29, 1.82) is 0 Å². The summed E-state index contributed by atoms with van der Waals surface area (Å²) in [6.07, 6.45) is 3.00. The van der Waals surface area contributed by atoms with Crippen molar-refractivity contribution >= 4 is 11.9 Å². The van der Waals surface area contributed by atoms with Crippen LogP contribution >= 0.6 is 0 Å². The smallest absolute Gasteiger partial charge is 0.343 e. The molecule has 2 heterocycles. The molecule has 2 rings (SSSR count). The fourth-order valence-electron chi connectivity index (χ4n) is 1.79. The maximum absolute atomic E-state index is 13.7. The van der Waals surface area contributed by atoms with Crippen molar-refractivity contribution in [1.82, 2.24) is 14.7 Å². The van der Waals surface area contributed by atoms with Crippen LogP contribution in [0.4, 0.5) is 4.39 Å². The number of amides is 1. The third-order valence-corrected chi connectivity index (χ3v) is 2.81. The summed E-state index contributed by atoms with van der Waals surface area (Å²) in [4.78, 5) is 23.6. The fourth-order valence-corrected chi connectivity index (χ4v) is 1.79. The van der Waals surface area contributed by atoms with Gasteiger partial charge < -0.3 is 10.0 Å². The van der Waals surface area contributed by atoms with Crippen LogP contribution in [0.5, 0.6) is 0 Å². The highest BCUT2D eigenvalue weighted by Gasteiger charge is 2.46. The minimum Gasteiger partial charge on any atom is -0.479 e. The van der Waals surface area contributed by atoms with Crippen LogP contribution in [0.1, 0.15) is 6.42 Å². The van der Waals surface area contributed by atoms with Gasteiger partial charge >= 0.3 is 5.97 Å². The second-order valence-electron chi connectivity index (χ2n) is 4.04. The van der Waals surface area contributed by atoms with Gasteiger partial charge in [0.15, 0.2) is 0 Å². The Morgan fingerprint density at radius 2 is 2.29 bits per heavy atom. The number of carboxylic acids is 1. The van der Waals surface area contributed by atoms with Crippen LogP contribution in [-0.4, -0.2) is 50.4 Å². The Labute approximate surface area is 96.6 Å². The molecular weight excluding hydrogens is 229 g/mol. The van der Waals surface area contributed by atoms with Crippen molar-refractivity contribution in [2.75, 3.05) is 13.1 Å². The summed E-state index contributed by atoms with van der Waals surface area (Å²) in [5, 5.41) is 12.6. The summed E-state index contributed by atoms with van der Waals surface area (Å²) in [6, 6.07) is 1.67. The van der Waals surface area contributed by atoms with Crippen LogP contribution in [0.3, 0.4) is 0 Å². The number of aromatic nitrogens is 2. The van der Waals surface area contributed by atoms with E-state index >= 15 is 0 Å². The van der Waals surface area contributed by atoms with Gasteiger partial charge in [-0.25, -0.2) is 9.18 Å². The molecule has 1 fully saturated rings. The Bertz CT molecular complexity index is 434. The lowest BCUT2D eigenvalue weighted by Crippen LogP contribution is -2.39. The van der Waals surface area contributed by atoms with Gasteiger partial charge in [0.05, 0.1) is 6.54 Å².